The van der Waals surface area contributed by atoms with Crippen LogP contribution in [-0.2, 0) is 4.74 Å². The highest BCUT2D eigenvalue weighted by molar-refractivity contribution is 7.21. The number of fused-ring (bicyclic) bond motifs is 1. The van der Waals surface area contributed by atoms with E-state index in [0.717, 1.165) is 29.0 Å². The van der Waals surface area contributed by atoms with Crippen LogP contribution in [0.5, 0.6) is 0 Å². The van der Waals surface area contributed by atoms with E-state index < -0.39 is 0 Å². The van der Waals surface area contributed by atoms with Crippen molar-refractivity contribution in [3.05, 3.63) is 76.7 Å². The number of H-pyrrole nitrogens is 1. The molecule has 9 heteroatoms. The summed E-state index contributed by atoms with van der Waals surface area (Å²) < 4.78 is 6.12. The van der Waals surface area contributed by atoms with Crippen LogP contribution in [0.4, 0.5) is 11.5 Å². The molecule has 1 atom stereocenters. The summed E-state index contributed by atoms with van der Waals surface area (Å²) in [5, 5.41) is 13.0. The van der Waals surface area contributed by atoms with Crippen LogP contribution in [0.3, 0.4) is 0 Å². The standard InChI is InChI=1S/C25H25N5O3S/c1-16(17-5-3-2-4-6-17)26-25(32)21-15-20-22(34-21)23(29-28-20)27-24(31)18-7-9-19(10-8-18)30-11-13-33-14-12-30/h2-10,15-16H,11-14H2,1H3,(H,26,32)(H2,27,28,29,31)/t16-/m1/s1. The average Bonchev–Trinajstić information content (AvgIpc) is 3.47. The number of ether oxygens (including phenoxy) is 1. The van der Waals surface area contributed by atoms with Crippen molar-refractivity contribution >= 4 is 44.9 Å². The van der Waals surface area contributed by atoms with Crippen LogP contribution in [0, 0.1) is 0 Å². The zero-order chi connectivity index (χ0) is 23.5. The van der Waals surface area contributed by atoms with Crippen LogP contribution in [0.25, 0.3) is 10.2 Å². The molecule has 8 nitrogen and oxygen atoms in total. The summed E-state index contributed by atoms with van der Waals surface area (Å²) in [7, 11) is 0. The Morgan fingerprint density at radius 1 is 1.06 bits per heavy atom. The normalized spacial score (nSPS) is 14.7. The van der Waals surface area contributed by atoms with E-state index in [1.807, 2.05) is 61.5 Å². The van der Waals surface area contributed by atoms with Crippen molar-refractivity contribution in [2.75, 3.05) is 36.5 Å². The summed E-state index contributed by atoms with van der Waals surface area (Å²) in [5.41, 5.74) is 3.35. The monoisotopic (exact) mass is 475 g/mol. The van der Waals surface area contributed by atoms with E-state index in [1.54, 1.807) is 6.07 Å². The summed E-state index contributed by atoms with van der Waals surface area (Å²) in [6, 6.07) is 18.9. The molecule has 2 aromatic carbocycles. The predicted molar refractivity (Wildman–Crippen MR) is 134 cm³/mol. The van der Waals surface area contributed by atoms with Crippen LogP contribution in [0.1, 0.15) is 38.6 Å². The molecule has 5 rings (SSSR count). The number of carbonyl (C=O) groups is 2. The van der Waals surface area contributed by atoms with Crippen molar-refractivity contribution in [2.24, 2.45) is 0 Å². The summed E-state index contributed by atoms with van der Waals surface area (Å²) in [6.07, 6.45) is 0. The van der Waals surface area contributed by atoms with Crippen molar-refractivity contribution < 1.29 is 14.3 Å². The first-order valence-electron chi connectivity index (χ1n) is 11.2. The Labute approximate surface area is 200 Å². The maximum absolute atomic E-state index is 12.8. The first kappa shape index (κ1) is 22.1. The fourth-order valence-electron chi connectivity index (χ4n) is 3.93. The SMILES string of the molecule is C[C@@H](NC(=O)c1cc2[nH]nc(NC(=O)c3ccc(N4CCOCC4)cc3)c2s1)c1ccccc1. The van der Waals surface area contributed by atoms with Gasteiger partial charge in [0.25, 0.3) is 11.8 Å². The Morgan fingerprint density at radius 3 is 2.53 bits per heavy atom. The molecular formula is C25H25N5O3S. The molecule has 1 saturated heterocycles. The van der Waals surface area contributed by atoms with Gasteiger partial charge in [0.05, 0.1) is 34.3 Å². The van der Waals surface area contributed by atoms with Gasteiger partial charge in [0.2, 0.25) is 0 Å². The Hall–Kier alpha value is -3.69. The van der Waals surface area contributed by atoms with Gasteiger partial charge in [0, 0.05) is 24.3 Å². The Balaban J connectivity index is 1.26. The number of aromatic nitrogens is 2. The molecule has 0 spiro atoms. The lowest BCUT2D eigenvalue weighted by molar-refractivity contribution is 0.0943. The molecule has 0 unspecified atom stereocenters. The number of anilines is 2. The van der Waals surface area contributed by atoms with E-state index >= 15 is 0 Å². The molecular weight excluding hydrogens is 450 g/mol. The number of thiophene rings is 1. The summed E-state index contributed by atoms with van der Waals surface area (Å²) in [5.74, 6) is -0.00151. The van der Waals surface area contributed by atoms with Gasteiger partial charge in [0.15, 0.2) is 5.82 Å². The molecule has 3 N–H and O–H groups in total. The number of benzene rings is 2. The van der Waals surface area contributed by atoms with Gasteiger partial charge >= 0.3 is 0 Å². The first-order valence-corrected chi connectivity index (χ1v) is 12.0. The fourth-order valence-corrected chi connectivity index (χ4v) is 4.89. The number of nitrogens with zero attached hydrogens (tertiary/aromatic N) is 2. The van der Waals surface area contributed by atoms with Crippen molar-refractivity contribution in [3.8, 4) is 0 Å². The molecule has 0 saturated carbocycles. The van der Waals surface area contributed by atoms with Crippen LogP contribution < -0.4 is 15.5 Å². The molecule has 0 aliphatic carbocycles. The number of carbonyl (C=O) groups excluding carboxylic acids is 2. The number of nitrogens with one attached hydrogen (secondary N) is 3. The molecule has 1 aliphatic rings. The minimum absolute atomic E-state index is 0.119. The van der Waals surface area contributed by atoms with Crippen LogP contribution >= 0.6 is 11.3 Å². The molecule has 4 aromatic rings. The third kappa shape index (κ3) is 4.66. The second kappa shape index (κ2) is 9.66. The number of morpholine rings is 1. The maximum atomic E-state index is 12.8. The average molecular weight is 476 g/mol. The lowest BCUT2D eigenvalue weighted by Crippen LogP contribution is -2.36. The lowest BCUT2D eigenvalue weighted by Gasteiger charge is -2.28. The van der Waals surface area contributed by atoms with Crippen molar-refractivity contribution in [1.82, 2.24) is 15.5 Å². The van der Waals surface area contributed by atoms with E-state index in [0.29, 0.717) is 35.0 Å². The zero-order valence-corrected chi connectivity index (χ0v) is 19.5. The Kier molecular flexibility index (Phi) is 6.29. The first-order chi connectivity index (χ1) is 16.6. The van der Waals surface area contributed by atoms with Crippen molar-refractivity contribution in [3.63, 3.8) is 0 Å². The third-order valence-electron chi connectivity index (χ3n) is 5.84. The molecule has 2 aromatic heterocycles. The summed E-state index contributed by atoms with van der Waals surface area (Å²) in [6.45, 7) is 5.06. The topological polar surface area (TPSA) is 99.3 Å². The Morgan fingerprint density at radius 2 is 1.79 bits per heavy atom. The largest absolute Gasteiger partial charge is 0.378 e. The van der Waals surface area contributed by atoms with E-state index in [-0.39, 0.29) is 17.9 Å². The molecule has 2 amide bonds. The highest BCUT2D eigenvalue weighted by Crippen LogP contribution is 2.31. The quantitative estimate of drug-likeness (QED) is 0.388. The molecule has 1 fully saturated rings. The van der Waals surface area contributed by atoms with Crippen LogP contribution in [0.15, 0.2) is 60.7 Å². The molecule has 0 bridgehead atoms. The number of hydrogen-bond donors (Lipinski definition) is 3. The smallest absolute Gasteiger partial charge is 0.261 e. The lowest BCUT2D eigenvalue weighted by atomic mass is 10.1. The highest BCUT2D eigenvalue weighted by Gasteiger charge is 2.19. The molecule has 34 heavy (non-hydrogen) atoms. The van der Waals surface area contributed by atoms with Gasteiger partial charge in [-0.25, -0.2) is 0 Å². The van der Waals surface area contributed by atoms with E-state index in [2.05, 4.69) is 25.7 Å². The molecule has 3 heterocycles. The number of aromatic amines is 1. The van der Waals surface area contributed by atoms with Crippen LogP contribution in [-0.4, -0.2) is 48.3 Å². The third-order valence-corrected chi connectivity index (χ3v) is 6.98. The van der Waals surface area contributed by atoms with E-state index in [4.69, 9.17) is 4.74 Å². The number of rotatable bonds is 6. The number of amides is 2. The minimum atomic E-state index is -0.251. The van der Waals surface area contributed by atoms with Crippen molar-refractivity contribution in [2.45, 2.75) is 13.0 Å². The van der Waals surface area contributed by atoms with Crippen molar-refractivity contribution in [1.29, 1.82) is 0 Å². The fraction of sp³-hybridized carbons (Fsp3) is 0.240. The van der Waals surface area contributed by atoms with E-state index in [1.165, 1.54) is 11.3 Å². The van der Waals surface area contributed by atoms with Gasteiger partial charge in [-0.1, -0.05) is 30.3 Å². The minimum Gasteiger partial charge on any atom is -0.378 e. The Bertz CT molecular complexity index is 1290. The van der Waals surface area contributed by atoms with Gasteiger partial charge < -0.3 is 20.3 Å². The van der Waals surface area contributed by atoms with Gasteiger partial charge in [0.1, 0.15) is 0 Å². The molecule has 174 valence electrons. The van der Waals surface area contributed by atoms with Crippen LogP contribution in [0.2, 0.25) is 0 Å². The van der Waals surface area contributed by atoms with Gasteiger partial charge in [-0.2, -0.15) is 5.10 Å². The zero-order valence-electron chi connectivity index (χ0n) is 18.7. The van der Waals surface area contributed by atoms with Gasteiger partial charge in [-0.15, -0.1) is 11.3 Å². The summed E-state index contributed by atoms with van der Waals surface area (Å²) >= 11 is 1.30. The second-order valence-corrected chi connectivity index (χ2v) is 9.18. The highest BCUT2D eigenvalue weighted by atomic mass is 32.1. The van der Waals surface area contributed by atoms with Gasteiger partial charge in [-0.3, -0.25) is 14.7 Å². The maximum Gasteiger partial charge on any atom is 0.261 e. The number of hydrogen-bond acceptors (Lipinski definition) is 6. The van der Waals surface area contributed by atoms with Gasteiger partial charge in [-0.05, 0) is 42.8 Å². The van der Waals surface area contributed by atoms with E-state index in [9.17, 15) is 9.59 Å². The summed E-state index contributed by atoms with van der Waals surface area (Å²) in [4.78, 5) is 28.4. The molecule has 0 radical (unpaired) electrons. The molecule has 1 aliphatic heterocycles. The predicted octanol–water partition coefficient (Wildman–Crippen LogP) is 4.20. The second-order valence-electron chi connectivity index (χ2n) is 8.13.